The van der Waals surface area contributed by atoms with Gasteiger partial charge in [0.05, 0.1) is 12.2 Å². The Labute approximate surface area is 71.8 Å². The molecule has 2 nitrogen and oxygen atoms in total. The number of phenols is 1. The van der Waals surface area contributed by atoms with E-state index < -0.39 is 0 Å². The quantitative estimate of drug-likeness (QED) is 0.671. The topological polar surface area (TPSA) is 29.5 Å². The highest BCUT2D eigenvalue weighted by Gasteiger charge is 2.04. The molecule has 1 aromatic carbocycles. The lowest BCUT2D eigenvalue weighted by Crippen LogP contribution is -1.92. The number of rotatable bonds is 2. The SMILES string of the molecule is C#Cc1cccc(OCC)c1O. The van der Waals surface area contributed by atoms with Gasteiger partial charge in [-0.25, -0.2) is 0 Å². The van der Waals surface area contributed by atoms with Crippen molar-refractivity contribution in [2.75, 3.05) is 6.61 Å². The lowest BCUT2D eigenvalue weighted by molar-refractivity contribution is 0.318. The van der Waals surface area contributed by atoms with Crippen LogP contribution in [0.4, 0.5) is 0 Å². The molecule has 0 aliphatic heterocycles. The number of phenolic OH excluding ortho intramolecular Hbond substituents is 1. The number of benzene rings is 1. The number of hydrogen-bond donors (Lipinski definition) is 1. The molecule has 0 radical (unpaired) electrons. The molecule has 12 heavy (non-hydrogen) atoms. The van der Waals surface area contributed by atoms with Crippen molar-refractivity contribution >= 4 is 0 Å². The Morgan fingerprint density at radius 2 is 2.33 bits per heavy atom. The largest absolute Gasteiger partial charge is 0.503 e. The van der Waals surface area contributed by atoms with Crippen LogP contribution >= 0.6 is 0 Å². The zero-order chi connectivity index (χ0) is 8.97. The Hall–Kier alpha value is -1.62. The Bertz CT molecular complexity index is 310. The van der Waals surface area contributed by atoms with Gasteiger partial charge in [-0.2, -0.15) is 0 Å². The van der Waals surface area contributed by atoms with Crippen molar-refractivity contribution in [3.63, 3.8) is 0 Å². The lowest BCUT2D eigenvalue weighted by Gasteiger charge is -2.05. The molecule has 1 aromatic rings. The summed E-state index contributed by atoms with van der Waals surface area (Å²) in [4.78, 5) is 0. The molecular formula is C10H10O2. The van der Waals surface area contributed by atoms with E-state index in [2.05, 4.69) is 5.92 Å². The molecule has 0 aliphatic rings. The Morgan fingerprint density at radius 1 is 1.58 bits per heavy atom. The minimum absolute atomic E-state index is 0.0434. The van der Waals surface area contributed by atoms with Crippen molar-refractivity contribution in [3.05, 3.63) is 23.8 Å². The van der Waals surface area contributed by atoms with Crippen LogP contribution in [0, 0.1) is 12.3 Å². The second kappa shape index (κ2) is 3.68. The Kier molecular flexibility index (Phi) is 2.60. The minimum Gasteiger partial charge on any atom is -0.503 e. The van der Waals surface area contributed by atoms with E-state index in [-0.39, 0.29) is 5.75 Å². The summed E-state index contributed by atoms with van der Waals surface area (Å²) < 4.78 is 5.13. The third-order valence-corrected chi connectivity index (χ3v) is 1.45. The van der Waals surface area contributed by atoms with E-state index in [0.29, 0.717) is 17.9 Å². The predicted molar refractivity (Wildman–Crippen MR) is 47.2 cm³/mol. The van der Waals surface area contributed by atoms with Gasteiger partial charge in [0.2, 0.25) is 0 Å². The van der Waals surface area contributed by atoms with Crippen LogP contribution in [0.5, 0.6) is 11.5 Å². The molecule has 0 amide bonds. The van der Waals surface area contributed by atoms with Gasteiger partial charge in [0.25, 0.3) is 0 Å². The summed E-state index contributed by atoms with van der Waals surface area (Å²) in [6, 6.07) is 5.09. The standard InChI is InChI=1S/C10H10O2/c1-3-8-6-5-7-9(10(8)11)12-4-2/h1,5-7,11H,4H2,2H3. The molecule has 2 heteroatoms. The maximum absolute atomic E-state index is 9.45. The minimum atomic E-state index is 0.0434. The zero-order valence-electron chi connectivity index (χ0n) is 6.87. The molecule has 0 heterocycles. The van der Waals surface area contributed by atoms with Gasteiger partial charge in [-0.15, -0.1) is 6.42 Å². The highest BCUT2D eigenvalue weighted by atomic mass is 16.5. The van der Waals surface area contributed by atoms with Gasteiger partial charge >= 0.3 is 0 Å². The first kappa shape index (κ1) is 8.48. The van der Waals surface area contributed by atoms with Gasteiger partial charge in [0, 0.05) is 0 Å². The van der Waals surface area contributed by atoms with E-state index in [1.54, 1.807) is 18.2 Å². The van der Waals surface area contributed by atoms with Crippen molar-refractivity contribution in [1.82, 2.24) is 0 Å². The third-order valence-electron chi connectivity index (χ3n) is 1.45. The van der Waals surface area contributed by atoms with E-state index >= 15 is 0 Å². The molecule has 0 fully saturated rings. The van der Waals surface area contributed by atoms with Gasteiger partial charge in [-0.3, -0.25) is 0 Å². The zero-order valence-corrected chi connectivity index (χ0v) is 6.87. The fourth-order valence-corrected chi connectivity index (χ4v) is 0.911. The summed E-state index contributed by atoms with van der Waals surface area (Å²) >= 11 is 0. The molecule has 0 atom stereocenters. The molecule has 0 unspecified atom stereocenters. The van der Waals surface area contributed by atoms with Crippen LogP contribution in [-0.2, 0) is 0 Å². The van der Waals surface area contributed by atoms with Crippen molar-refractivity contribution < 1.29 is 9.84 Å². The highest BCUT2D eigenvalue weighted by Crippen LogP contribution is 2.28. The molecule has 62 valence electrons. The molecule has 0 aromatic heterocycles. The highest BCUT2D eigenvalue weighted by molar-refractivity contribution is 5.52. The van der Waals surface area contributed by atoms with Crippen molar-refractivity contribution in [2.24, 2.45) is 0 Å². The van der Waals surface area contributed by atoms with E-state index in [9.17, 15) is 5.11 Å². The molecule has 0 saturated heterocycles. The van der Waals surface area contributed by atoms with Crippen molar-refractivity contribution in [1.29, 1.82) is 0 Å². The van der Waals surface area contributed by atoms with Crippen LogP contribution in [0.15, 0.2) is 18.2 Å². The van der Waals surface area contributed by atoms with Crippen molar-refractivity contribution in [2.45, 2.75) is 6.92 Å². The second-order valence-electron chi connectivity index (χ2n) is 2.23. The monoisotopic (exact) mass is 162 g/mol. The van der Waals surface area contributed by atoms with E-state index in [0.717, 1.165) is 0 Å². The summed E-state index contributed by atoms with van der Waals surface area (Å²) in [6.45, 7) is 2.36. The van der Waals surface area contributed by atoms with Crippen LogP contribution in [0.3, 0.4) is 0 Å². The normalized spacial score (nSPS) is 9.00. The van der Waals surface area contributed by atoms with Gasteiger partial charge in [-0.1, -0.05) is 12.0 Å². The van der Waals surface area contributed by atoms with Crippen molar-refractivity contribution in [3.8, 4) is 23.8 Å². The summed E-state index contributed by atoms with van der Waals surface area (Å²) in [6.07, 6.45) is 5.15. The second-order valence-corrected chi connectivity index (χ2v) is 2.23. The first-order valence-corrected chi connectivity index (χ1v) is 3.71. The molecular weight excluding hydrogens is 152 g/mol. The number of hydrogen-bond acceptors (Lipinski definition) is 2. The average molecular weight is 162 g/mol. The molecule has 0 spiro atoms. The van der Waals surface area contributed by atoms with Gasteiger partial charge in [-0.05, 0) is 19.1 Å². The summed E-state index contributed by atoms with van der Waals surface area (Å²) in [5, 5.41) is 9.45. The summed E-state index contributed by atoms with van der Waals surface area (Å²) in [5.41, 5.74) is 0.459. The predicted octanol–water partition coefficient (Wildman–Crippen LogP) is 1.77. The number of ether oxygens (including phenoxy) is 1. The number of terminal acetylenes is 1. The fraction of sp³-hybridized carbons (Fsp3) is 0.200. The summed E-state index contributed by atoms with van der Waals surface area (Å²) in [5.74, 6) is 2.85. The maximum Gasteiger partial charge on any atom is 0.173 e. The average Bonchev–Trinajstić information content (AvgIpc) is 2.09. The van der Waals surface area contributed by atoms with Crippen LogP contribution in [0.25, 0.3) is 0 Å². The van der Waals surface area contributed by atoms with Gasteiger partial charge in [0.15, 0.2) is 11.5 Å². The maximum atomic E-state index is 9.45. The number of aromatic hydroxyl groups is 1. The van der Waals surface area contributed by atoms with Crippen LogP contribution in [0.1, 0.15) is 12.5 Å². The first-order valence-electron chi connectivity index (χ1n) is 3.71. The molecule has 1 N–H and O–H groups in total. The van der Waals surface area contributed by atoms with Crippen LogP contribution in [-0.4, -0.2) is 11.7 Å². The molecule has 1 rings (SSSR count). The lowest BCUT2D eigenvalue weighted by atomic mass is 10.2. The number of para-hydroxylation sites is 1. The van der Waals surface area contributed by atoms with E-state index in [4.69, 9.17) is 11.2 Å². The molecule has 0 bridgehead atoms. The Morgan fingerprint density at radius 3 is 2.92 bits per heavy atom. The van der Waals surface area contributed by atoms with Crippen LogP contribution < -0.4 is 4.74 Å². The van der Waals surface area contributed by atoms with Gasteiger partial charge in [0.1, 0.15) is 0 Å². The molecule has 0 saturated carbocycles. The van der Waals surface area contributed by atoms with E-state index in [1.807, 2.05) is 6.92 Å². The first-order chi connectivity index (χ1) is 5.79. The third kappa shape index (κ3) is 1.51. The smallest absolute Gasteiger partial charge is 0.173 e. The van der Waals surface area contributed by atoms with Crippen LogP contribution in [0.2, 0.25) is 0 Å². The fourth-order valence-electron chi connectivity index (χ4n) is 0.911. The van der Waals surface area contributed by atoms with Gasteiger partial charge < -0.3 is 9.84 Å². The summed E-state index contributed by atoms with van der Waals surface area (Å²) in [7, 11) is 0. The van der Waals surface area contributed by atoms with E-state index in [1.165, 1.54) is 0 Å². The Balaban J connectivity index is 3.07. The molecule has 0 aliphatic carbocycles.